The molecule has 0 saturated heterocycles. The number of nitrogens with zero attached hydrogens (tertiary/aromatic N) is 1. The lowest BCUT2D eigenvalue weighted by Crippen LogP contribution is -2.42. The Morgan fingerprint density at radius 2 is 1.73 bits per heavy atom. The first-order valence-corrected chi connectivity index (χ1v) is 4.75. The minimum absolute atomic E-state index is 0.0204. The molecule has 1 N–H and O–H groups in total. The molecule has 0 aliphatic carbocycles. The first-order valence-electron chi connectivity index (χ1n) is 4.75. The zero-order valence-electron chi connectivity index (χ0n) is 9.61. The van der Waals surface area contributed by atoms with Crippen LogP contribution in [0.3, 0.4) is 0 Å². The molecular formula is C9H19F3N2O. The predicted octanol–water partition coefficient (Wildman–Crippen LogP) is 1.80. The first kappa shape index (κ1) is 14.7. The molecule has 0 atom stereocenters. The molecular weight excluding hydrogens is 209 g/mol. The highest BCUT2D eigenvalue weighted by Gasteiger charge is 2.28. The number of hydrogen-bond donors (Lipinski definition) is 1. The fourth-order valence-corrected chi connectivity index (χ4v) is 0.787. The zero-order chi connectivity index (χ0) is 12.1. The van der Waals surface area contributed by atoms with Gasteiger partial charge in [-0.1, -0.05) is 0 Å². The van der Waals surface area contributed by atoms with Gasteiger partial charge in [-0.25, -0.2) is 0 Å². The maximum Gasteiger partial charge on any atom is 0.523 e. The van der Waals surface area contributed by atoms with Gasteiger partial charge in [-0.2, -0.15) is 0 Å². The fraction of sp³-hybridized carbons (Fsp3) is 1.00. The molecule has 0 aromatic rings. The summed E-state index contributed by atoms with van der Waals surface area (Å²) in [4.78, 5) is 2.05. The predicted molar refractivity (Wildman–Crippen MR) is 52.4 cm³/mol. The topological polar surface area (TPSA) is 24.5 Å². The highest BCUT2D eigenvalue weighted by atomic mass is 19.4. The molecule has 0 fully saturated rings. The second kappa shape index (κ2) is 5.67. The smallest absolute Gasteiger partial charge is 0.300 e. The van der Waals surface area contributed by atoms with E-state index in [1.54, 1.807) is 0 Å². The van der Waals surface area contributed by atoms with Crippen LogP contribution < -0.4 is 5.32 Å². The van der Waals surface area contributed by atoms with Gasteiger partial charge in [-0.05, 0) is 27.8 Å². The Morgan fingerprint density at radius 3 is 2.13 bits per heavy atom. The van der Waals surface area contributed by atoms with E-state index in [4.69, 9.17) is 0 Å². The first-order chi connectivity index (χ1) is 6.63. The summed E-state index contributed by atoms with van der Waals surface area (Å²) in [6, 6.07) is 0. The highest BCUT2D eigenvalue weighted by Crippen LogP contribution is 2.14. The SMILES string of the molecule is CN(CCNCOC(F)(F)F)C(C)(C)C. The van der Waals surface area contributed by atoms with Crippen molar-refractivity contribution in [3.8, 4) is 0 Å². The number of halogens is 3. The van der Waals surface area contributed by atoms with Crippen molar-refractivity contribution in [1.82, 2.24) is 10.2 Å². The molecule has 0 rings (SSSR count). The Kier molecular flexibility index (Phi) is 5.55. The third-order valence-electron chi connectivity index (χ3n) is 2.11. The third kappa shape index (κ3) is 8.65. The van der Waals surface area contributed by atoms with E-state index in [0.29, 0.717) is 13.1 Å². The Labute approximate surface area is 88.6 Å². The van der Waals surface area contributed by atoms with E-state index in [2.05, 4.69) is 10.1 Å². The van der Waals surface area contributed by atoms with E-state index in [0.717, 1.165) is 0 Å². The van der Waals surface area contributed by atoms with E-state index in [9.17, 15) is 13.2 Å². The molecule has 0 aromatic heterocycles. The number of alkyl halides is 3. The van der Waals surface area contributed by atoms with Crippen molar-refractivity contribution in [2.75, 3.05) is 26.9 Å². The number of rotatable bonds is 5. The summed E-state index contributed by atoms with van der Waals surface area (Å²) in [6.07, 6.45) is -4.55. The average Bonchev–Trinajstić information content (AvgIpc) is 1.99. The summed E-state index contributed by atoms with van der Waals surface area (Å²) in [6.45, 7) is 6.76. The van der Waals surface area contributed by atoms with E-state index in [-0.39, 0.29) is 5.54 Å². The molecule has 0 spiro atoms. The molecule has 6 heteroatoms. The monoisotopic (exact) mass is 228 g/mol. The molecule has 0 aromatic carbocycles. The largest absolute Gasteiger partial charge is 0.523 e. The summed E-state index contributed by atoms with van der Waals surface area (Å²) in [5.41, 5.74) is 0.0204. The van der Waals surface area contributed by atoms with Crippen LogP contribution in [0.1, 0.15) is 20.8 Å². The van der Waals surface area contributed by atoms with Gasteiger partial charge in [0.15, 0.2) is 0 Å². The molecule has 15 heavy (non-hydrogen) atoms. The van der Waals surface area contributed by atoms with Gasteiger partial charge in [0, 0.05) is 18.6 Å². The lowest BCUT2D eigenvalue weighted by atomic mass is 10.1. The Morgan fingerprint density at radius 1 is 1.20 bits per heavy atom. The minimum Gasteiger partial charge on any atom is -0.300 e. The van der Waals surface area contributed by atoms with Gasteiger partial charge in [-0.15, -0.1) is 13.2 Å². The maximum atomic E-state index is 11.6. The number of nitrogens with one attached hydrogen (secondary N) is 1. The zero-order valence-corrected chi connectivity index (χ0v) is 9.61. The van der Waals surface area contributed by atoms with Crippen molar-refractivity contribution in [2.24, 2.45) is 0 Å². The Hall–Kier alpha value is -0.330. The maximum absolute atomic E-state index is 11.6. The lowest BCUT2D eigenvalue weighted by Gasteiger charge is -2.31. The molecule has 0 amide bonds. The van der Waals surface area contributed by atoms with Crippen LogP contribution in [0.4, 0.5) is 13.2 Å². The fourth-order valence-electron chi connectivity index (χ4n) is 0.787. The van der Waals surface area contributed by atoms with Gasteiger partial charge >= 0.3 is 6.36 Å². The summed E-state index contributed by atoms with van der Waals surface area (Å²) in [5, 5.41) is 2.56. The second-order valence-electron chi connectivity index (χ2n) is 4.33. The lowest BCUT2D eigenvalue weighted by molar-refractivity contribution is -0.326. The van der Waals surface area contributed by atoms with Crippen LogP contribution >= 0.6 is 0 Å². The quantitative estimate of drug-likeness (QED) is 0.573. The molecule has 3 nitrogen and oxygen atoms in total. The van der Waals surface area contributed by atoms with Crippen LogP contribution in [0.2, 0.25) is 0 Å². The van der Waals surface area contributed by atoms with E-state index < -0.39 is 13.1 Å². The van der Waals surface area contributed by atoms with Crippen LogP contribution in [0.25, 0.3) is 0 Å². The van der Waals surface area contributed by atoms with Crippen LogP contribution in [0, 0.1) is 0 Å². The second-order valence-corrected chi connectivity index (χ2v) is 4.33. The molecule has 0 heterocycles. The normalized spacial score (nSPS) is 13.6. The Balaban J connectivity index is 3.48. The van der Waals surface area contributed by atoms with E-state index in [1.165, 1.54) is 0 Å². The molecule has 92 valence electrons. The molecule has 0 unspecified atom stereocenters. The molecule has 0 bridgehead atoms. The minimum atomic E-state index is -4.55. The summed E-state index contributed by atoms with van der Waals surface area (Å²) < 4.78 is 38.2. The van der Waals surface area contributed by atoms with Crippen molar-refractivity contribution in [3.63, 3.8) is 0 Å². The van der Waals surface area contributed by atoms with Crippen LogP contribution in [-0.2, 0) is 4.74 Å². The van der Waals surface area contributed by atoms with Gasteiger partial charge < -0.3 is 4.90 Å². The van der Waals surface area contributed by atoms with E-state index in [1.807, 2.05) is 32.7 Å². The Bertz CT molecular complexity index is 177. The van der Waals surface area contributed by atoms with Crippen molar-refractivity contribution < 1.29 is 17.9 Å². The van der Waals surface area contributed by atoms with Crippen LogP contribution in [0.5, 0.6) is 0 Å². The van der Waals surface area contributed by atoms with Gasteiger partial charge in [-0.3, -0.25) is 10.1 Å². The molecule has 0 aliphatic rings. The third-order valence-corrected chi connectivity index (χ3v) is 2.11. The van der Waals surface area contributed by atoms with Crippen molar-refractivity contribution >= 4 is 0 Å². The van der Waals surface area contributed by atoms with Crippen molar-refractivity contribution in [1.29, 1.82) is 0 Å². The van der Waals surface area contributed by atoms with Gasteiger partial charge in [0.2, 0.25) is 0 Å². The summed E-state index contributed by atoms with van der Waals surface area (Å²) >= 11 is 0. The summed E-state index contributed by atoms with van der Waals surface area (Å²) in [7, 11) is 1.92. The van der Waals surface area contributed by atoms with Crippen LogP contribution in [0.15, 0.2) is 0 Å². The summed E-state index contributed by atoms with van der Waals surface area (Å²) in [5.74, 6) is 0. The van der Waals surface area contributed by atoms with Gasteiger partial charge in [0.1, 0.15) is 6.73 Å². The van der Waals surface area contributed by atoms with Crippen molar-refractivity contribution in [2.45, 2.75) is 32.7 Å². The average molecular weight is 228 g/mol. The standard InChI is InChI=1S/C9H19F3N2O/c1-8(2,3)14(4)6-5-13-7-15-9(10,11)12/h13H,5-7H2,1-4H3. The van der Waals surface area contributed by atoms with Crippen molar-refractivity contribution in [3.05, 3.63) is 0 Å². The molecule has 0 radical (unpaired) electrons. The number of ether oxygens (including phenoxy) is 1. The number of hydrogen-bond acceptors (Lipinski definition) is 3. The molecule has 0 saturated carbocycles. The molecule has 0 aliphatic heterocycles. The van der Waals surface area contributed by atoms with Crippen LogP contribution in [-0.4, -0.2) is 43.7 Å². The van der Waals surface area contributed by atoms with Gasteiger partial charge in [0.05, 0.1) is 0 Å². The highest BCUT2D eigenvalue weighted by molar-refractivity contribution is 4.72. The van der Waals surface area contributed by atoms with Gasteiger partial charge in [0.25, 0.3) is 0 Å². The van der Waals surface area contributed by atoms with E-state index >= 15 is 0 Å². The number of likely N-dealkylation sites (N-methyl/N-ethyl adjacent to an activating group) is 1.